The largest absolute Gasteiger partial charge is 0.453 e. The minimum Gasteiger partial charge on any atom is -0.453 e. The summed E-state index contributed by atoms with van der Waals surface area (Å²) in [5.41, 5.74) is 3.99. The molecule has 0 spiro atoms. The molecule has 6 heteroatoms. The molecule has 4 atom stereocenters. The molecule has 2 fully saturated rings. The first-order valence-corrected chi connectivity index (χ1v) is 15.1. The van der Waals surface area contributed by atoms with Gasteiger partial charge in [-0.15, -0.1) is 0 Å². The number of Topliss-reactive ketones (excluding diaryl/α,β-unsaturated/α-hetero) is 1. The van der Waals surface area contributed by atoms with Crippen molar-refractivity contribution in [3.63, 3.8) is 0 Å². The van der Waals surface area contributed by atoms with E-state index in [1.54, 1.807) is 14.0 Å². The Kier molecular flexibility index (Phi) is 13.8. The summed E-state index contributed by atoms with van der Waals surface area (Å²) >= 11 is 0. The SMILES string of the molecule is CCCCCCc1ccc(C(=O)O[C@@H]2CO[C@H]3[C@@H]2OC[C@@H]3OC)cc1.CCCCCCc1ccc(C(C)=O)cc1. The normalized spacial score (nSPS) is 21.4. The molecule has 0 bridgehead atoms. The molecule has 0 aliphatic carbocycles. The Morgan fingerprint density at radius 3 is 1.65 bits per heavy atom. The van der Waals surface area contributed by atoms with E-state index in [1.165, 1.54) is 62.5 Å². The summed E-state index contributed by atoms with van der Waals surface area (Å²) in [5.74, 6) is -0.177. The van der Waals surface area contributed by atoms with Gasteiger partial charge in [0.05, 0.1) is 18.8 Å². The molecule has 2 heterocycles. The summed E-state index contributed by atoms with van der Waals surface area (Å²) in [6.07, 6.45) is 11.5. The first-order chi connectivity index (χ1) is 19.5. The van der Waals surface area contributed by atoms with E-state index in [4.69, 9.17) is 18.9 Å². The van der Waals surface area contributed by atoms with Gasteiger partial charge in [0, 0.05) is 12.7 Å². The molecule has 0 N–H and O–H groups in total. The highest BCUT2D eigenvalue weighted by atomic mass is 16.6. The summed E-state index contributed by atoms with van der Waals surface area (Å²) in [7, 11) is 1.64. The molecule has 220 valence electrons. The molecule has 0 unspecified atom stereocenters. The maximum Gasteiger partial charge on any atom is 0.338 e. The Labute approximate surface area is 240 Å². The van der Waals surface area contributed by atoms with Crippen LogP contribution in [0.1, 0.15) is 104 Å². The molecule has 40 heavy (non-hydrogen) atoms. The fraction of sp³-hybridized carbons (Fsp3) is 0.588. The minimum absolute atomic E-state index is 0.0827. The maximum absolute atomic E-state index is 12.4. The predicted molar refractivity (Wildman–Crippen MR) is 158 cm³/mol. The fourth-order valence-electron chi connectivity index (χ4n) is 5.16. The number of hydrogen-bond acceptors (Lipinski definition) is 6. The first-order valence-electron chi connectivity index (χ1n) is 15.1. The number of methoxy groups -OCH3 is 1. The van der Waals surface area contributed by atoms with E-state index in [1.807, 2.05) is 36.4 Å². The lowest BCUT2D eigenvalue weighted by atomic mass is 10.0. The molecule has 2 aromatic rings. The predicted octanol–water partition coefficient (Wildman–Crippen LogP) is 7.16. The van der Waals surface area contributed by atoms with Crippen LogP contribution in [0.4, 0.5) is 0 Å². The van der Waals surface area contributed by atoms with E-state index >= 15 is 0 Å². The van der Waals surface area contributed by atoms with Gasteiger partial charge in [0.2, 0.25) is 0 Å². The number of aryl methyl sites for hydroxylation is 2. The highest BCUT2D eigenvalue weighted by Gasteiger charge is 2.49. The van der Waals surface area contributed by atoms with Crippen LogP contribution in [0, 0.1) is 0 Å². The van der Waals surface area contributed by atoms with Crippen LogP contribution in [0.5, 0.6) is 0 Å². The Bertz CT molecular complexity index is 1020. The molecule has 0 radical (unpaired) electrons. The summed E-state index contributed by atoms with van der Waals surface area (Å²) in [5, 5.41) is 0. The Hall–Kier alpha value is -2.54. The third-order valence-electron chi connectivity index (χ3n) is 7.71. The van der Waals surface area contributed by atoms with Gasteiger partial charge < -0.3 is 18.9 Å². The van der Waals surface area contributed by atoms with E-state index in [0.717, 1.165) is 18.4 Å². The number of hydrogen-bond donors (Lipinski definition) is 0. The monoisotopic (exact) mass is 552 g/mol. The minimum atomic E-state index is -0.369. The summed E-state index contributed by atoms with van der Waals surface area (Å²) < 4.78 is 22.3. The number of carbonyl (C=O) groups is 2. The Balaban J connectivity index is 0.000000252. The molecule has 2 aliphatic heterocycles. The van der Waals surface area contributed by atoms with E-state index in [-0.39, 0.29) is 36.2 Å². The zero-order valence-corrected chi connectivity index (χ0v) is 24.9. The van der Waals surface area contributed by atoms with Gasteiger partial charge in [0.15, 0.2) is 11.9 Å². The van der Waals surface area contributed by atoms with Gasteiger partial charge in [-0.3, -0.25) is 4.79 Å². The van der Waals surface area contributed by atoms with Crippen LogP contribution in [0.15, 0.2) is 48.5 Å². The number of rotatable bonds is 14. The first kappa shape index (κ1) is 32.0. The maximum atomic E-state index is 12.4. The highest BCUT2D eigenvalue weighted by Crippen LogP contribution is 2.30. The van der Waals surface area contributed by atoms with Crippen molar-refractivity contribution in [3.05, 3.63) is 70.8 Å². The number of ketones is 1. The number of esters is 1. The zero-order chi connectivity index (χ0) is 28.7. The van der Waals surface area contributed by atoms with E-state index < -0.39 is 0 Å². The van der Waals surface area contributed by atoms with Crippen molar-refractivity contribution >= 4 is 11.8 Å². The van der Waals surface area contributed by atoms with Crippen molar-refractivity contribution in [1.82, 2.24) is 0 Å². The highest BCUT2D eigenvalue weighted by molar-refractivity contribution is 5.94. The lowest BCUT2D eigenvalue weighted by Crippen LogP contribution is -2.34. The van der Waals surface area contributed by atoms with Gasteiger partial charge in [-0.25, -0.2) is 4.79 Å². The lowest BCUT2D eigenvalue weighted by molar-refractivity contribution is -0.0280. The van der Waals surface area contributed by atoms with Crippen LogP contribution >= 0.6 is 0 Å². The third kappa shape index (κ3) is 9.83. The molecule has 2 saturated heterocycles. The number of ether oxygens (including phenoxy) is 4. The van der Waals surface area contributed by atoms with E-state index in [9.17, 15) is 9.59 Å². The molecule has 6 nitrogen and oxygen atoms in total. The zero-order valence-electron chi connectivity index (χ0n) is 24.9. The average molecular weight is 553 g/mol. The fourth-order valence-corrected chi connectivity index (χ4v) is 5.16. The van der Waals surface area contributed by atoms with Gasteiger partial charge in [-0.1, -0.05) is 88.8 Å². The van der Waals surface area contributed by atoms with Crippen LogP contribution in [0.2, 0.25) is 0 Å². The quantitative estimate of drug-likeness (QED) is 0.141. The number of carbonyl (C=O) groups excluding carboxylic acids is 2. The summed E-state index contributed by atoms with van der Waals surface area (Å²) in [6.45, 7) is 6.88. The Morgan fingerprint density at radius 1 is 0.700 bits per heavy atom. The van der Waals surface area contributed by atoms with Crippen molar-refractivity contribution in [3.8, 4) is 0 Å². The molecular weight excluding hydrogens is 504 g/mol. The molecule has 2 aliphatic rings. The summed E-state index contributed by atoms with van der Waals surface area (Å²) in [6, 6.07) is 15.7. The van der Waals surface area contributed by atoms with Gasteiger partial charge >= 0.3 is 5.97 Å². The standard InChI is InChI=1S/C20H28O5.C14H20O/c1-3-4-5-6-7-14-8-10-15(11-9-14)20(21)25-17-13-24-18-16(22-2)12-23-19(17)18;1-3-4-5-6-7-13-8-10-14(11-9-13)12(2)15/h8-11,16-19H,3-7,12-13H2,1-2H3;8-11H,3-7H2,1-2H3/t16-,17+,18+,19+;/m0./s1. The number of benzene rings is 2. The van der Waals surface area contributed by atoms with Gasteiger partial charge in [0.1, 0.15) is 18.3 Å². The molecule has 2 aromatic carbocycles. The van der Waals surface area contributed by atoms with Crippen LogP contribution < -0.4 is 0 Å². The Morgan fingerprint density at radius 2 is 1.18 bits per heavy atom. The van der Waals surface area contributed by atoms with Gasteiger partial charge in [0.25, 0.3) is 0 Å². The second kappa shape index (κ2) is 17.3. The van der Waals surface area contributed by atoms with Crippen molar-refractivity contribution in [2.45, 2.75) is 109 Å². The van der Waals surface area contributed by atoms with Crippen LogP contribution in [-0.4, -0.2) is 56.5 Å². The second-order valence-corrected chi connectivity index (χ2v) is 10.9. The lowest BCUT2D eigenvalue weighted by Gasteiger charge is -2.17. The van der Waals surface area contributed by atoms with Gasteiger partial charge in [-0.05, 0) is 55.9 Å². The molecular formula is C34H48O6. The van der Waals surface area contributed by atoms with Crippen LogP contribution in [0.3, 0.4) is 0 Å². The molecule has 0 aromatic heterocycles. The second-order valence-electron chi connectivity index (χ2n) is 10.9. The van der Waals surface area contributed by atoms with E-state index in [0.29, 0.717) is 18.8 Å². The number of unbranched alkanes of at least 4 members (excludes halogenated alkanes) is 6. The number of fused-ring (bicyclic) bond motifs is 1. The van der Waals surface area contributed by atoms with Crippen molar-refractivity contribution in [2.24, 2.45) is 0 Å². The van der Waals surface area contributed by atoms with Crippen molar-refractivity contribution < 1.29 is 28.5 Å². The van der Waals surface area contributed by atoms with Crippen LogP contribution in [-0.2, 0) is 31.8 Å². The van der Waals surface area contributed by atoms with Crippen LogP contribution in [0.25, 0.3) is 0 Å². The molecule has 0 amide bonds. The third-order valence-corrected chi connectivity index (χ3v) is 7.71. The van der Waals surface area contributed by atoms with Crippen molar-refractivity contribution in [2.75, 3.05) is 20.3 Å². The smallest absolute Gasteiger partial charge is 0.338 e. The van der Waals surface area contributed by atoms with Gasteiger partial charge in [-0.2, -0.15) is 0 Å². The summed E-state index contributed by atoms with van der Waals surface area (Å²) in [4.78, 5) is 23.4. The average Bonchev–Trinajstić information content (AvgIpc) is 3.57. The van der Waals surface area contributed by atoms with E-state index in [2.05, 4.69) is 26.0 Å². The molecule has 0 saturated carbocycles. The molecule has 4 rings (SSSR count). The van der Waals surface area contributed by atoms with Crippen molar-refractivity contribution in [1.29, 1.82) is 0 Å². The topological polar surface area (TPSA) is 71.1 Å².